The van der Waals surface area contributed by atoms with Gasteiger partial charge in [-0.05, 0) is 36.4 Å². The van der Waals surface area contributed by atoms with Crippen LogP contribution in [0.1, 0.15) is 10.5 Å². The third-order valence-corrected chi connectivity index (χ3v) is 3.38. The number of fused-ring (bicyclic) bond motifs is 1. The first-order valence-corrected chi connectivity index (χ1v) is 6.72. The number of rotatable bonds is 2. The third kappa shape index (κ3) is 2.64. The molecule has 1 aromatic heterocycles. The maximum absolute atomic E-state index is 12.2. The van der Waals surface area contributed by atoms with Gasteiger partial charge in [0.2, 0.25) is 0 Å². The van der Waals surface area contributed by atoms with E-state index in [9.17, 15) is 4.79 Å². The number of benzene rings is 2. The molecule has 1 heterocycles. The lowest BCUT2D eigenvalue weighted by molar-refractivity contribution is 0.102. The molecule has 3 rings (SSSR count). The molecule has 0 bridgehead atoms. The van der Waals surface area contributed by atoms with Gasteiger partial charge in [0.1, 0.15) is 5.69 Å². The minimum Gasteiger partial charge on any atom is -0.350 e. The van der Waals surface area contributed by atoms with Gasteiger partial charge in [-0.25, -0.2) is 0 Å². The Hall–Kier alpha value is -1.97. The fourth-order valence-electron chi connectivity index (χ4n) is 1.99. The summed E-state index contributed by atoms with van der Waals surface area (Å²) in [6.07, 6.45) is 0. The summed E-state index contributed by atoms with van der Waals surface area (Å²) in [6.45, 7) is 0. The maximum atomic E-state index is 12.2. The topological polar surface area (TPSA) is 44.9 Å². The van der Waals surface area contributed by atoms with E-state index in [2.05, 4.69) is 10.3 Å². The van der Waals surface area contributed by atoms with Crippen molar-refractivity contribution in [3.63, 3.8) is 0 Å². The van der Waals surface area contributed by atoms with Gasteiger partial charge < -0.3 is 10.3 Å². The molecule has 0 radical (unpaired) electrons. The average Bonchev–Trinajstić information content (AvgIpc) is 2.81. The van der Waals surface area contributed by atoms with Gasteiger partial charge in [-0.1, -0.05) is 35.3 Å². The quantitative estimate of drug-likeness (QED) is 0.706. The van der Waals surface area contributed by atoms with Gasteiger partial charge in [-0.2, -0.15) is 0 Å². The Labute approximate surface area is 125 Å². The van der Waals surface area contributed by atoms with Gasteiger partial charge in [0.05, 0.1) is 0 Å². The van der Waals surface area contributed by atoms with Crippen molar-refractivity contribution in [3.8, 4) is 0 Å². The Morgan fingerprint density at radius 2 is 1.80 bits per heavy atom. The number of hydrogen-bond acceptors (Lipinski definition) is 1. The number of nitrogens with one attached hydrogen (secondary N) is 2. The lowest BCUT2D eigenvalue weighted by Crippen LogP contribution is -2.11. The SMILES string of the molecule is O=C(Nc1cccc(Cl)c1)c1cc2ccc(Cl)cc2[nH]1. The molecule has 0 unspecified atom stereocenters. The summed E-state index contributed by atoms with van der Waals surface area (Å²) in [5, 5.41) is 4.92. The minimum atomic E-state index is -0.223. The Kier molecular flexibility index (Phi) is 3.38. The van der Waals surface area contributed by atoms with Crippen molar-refractivity contribution in [1.29, 1.82) is 0 Å². The lowest BCUT2D eigenvalue weighted by Gasteiger charge is -2.03. The fraction of sp³-hybridized carbons (Fsp3) is 0. The Bertz CT molecular complexity index is 795. The fourth-order valence-corrected chi connectivity index (χ4v) is 2.35. The van der Waals surface area contributed by atoms with Gasteiger partial charge in [-0.3, -0.25) is 4.79 Å². The maximum Gasteiger partial charge on any atom is 0.272 e. The number of aromatic nitrogens is 1. The van der Waals surface area contributed by atoms with Crippen LogP contribution < -0.4 is 5.32 Å². The predicted octanol–water partition coefficient (Wildman–Crippen LogP) is 4.73. The van der Waals surface area contributed by atoms with Crippen LogP contribution in [-0.4, -0.2) is 10.9 Å². The highest BCUT2D eigenvalue weighted by atomic mass is 35.5. The van der Waals surface area contributed by atoms with Gasteiger partial charge in [0.15, 0.2) is 0 Å². The highest BCUT2D eigenvalue weighted by Gasteiger charge is 2.10. The van der Waals surface area contributed by atoms with Crippen LogP contribution in [0.5, 0.6) is 0 Å². The predicted molar refractivity (Wildman–Crippen MR) is 82.7 cm³/mol. The highest BCUT2D eigenvalue weighted by Crippen LogP contribution is 2.21. The van der Waals surface area contributed by atoms with Crippen molar-refractivity contribution in [2.45, 2.75) is 0 Å². The van der Waals surface area contributed by atoms with Crippen molar-refractivity contribution in [1.82, 2.24) is 4.98 Å². The van der Waals surface area contributed by atoms with Crippen LogP contribution in [0.3, 0.4) is 0 Å². The van der Waals surface area contributed by atoms with Crippen LogP contribution in [0, 0.1) is 0 Å². The Morgan fingerprint density at radius 3 is 2.60 bits per heavy atom. The van der Waals surface area contributed by atoms with E-state index >= 15 is 0 Å². The number of amides is 1. The summed E-state index contributed by atoms with van der Waals surface area (Å²) in [5.74, 6) is -0.223. The summed E-state index contributed by atoms with van der Waals surface area (Å²) >= 11 is 11.8. The van der Waals surface area contributed by atoms with Crippen molar-refractivity contribution in [3.05, 3.63) is 64.3 Å². The van der Waals surface area contributed by atoms with Gasteiger partial charge >= 0.3 is 0 Å². The van der Waals surface area contributed by atoms with Crippen LogP contribution in [0.15, 0.2) is 48.5 Å². The normalized spacial score (nSPS) is 10.7. The molecular formula is C15H10Cl2N2O. The molecule has 0 aliphatic carbocycles. The summed E-state index contributed by atoms with van der Waals surface area (Å²) in [7, 11) is 0. The molecule has 0 spiro atoms. The first-order valence-electron chi connectivity index (χ1n) is 5.97. The van der Waals surface area contributed by atoms with Crippen molar-refractivity contribution >= 4 is 45.7 Å². The van der Waals surface area contributed by atoms with E-state index in [4.69, 9.17) is 23.2 Å². The van der Waals surface area contributed by atoms with Crippen LogP contribution in [0.4, 0.5) is 5.69 Å². The molecule has 5 heteroatoms. The monoisotopic (exact) mass is 304 g/mol. The summed E-state index contributed by atoms with van der Waals surface area (Å²) in [5.41, 5.74) is 1.95. The van der Waals surface area contributed by atoms with Gasteiger partial charge in [0.25, 0.3) is 5.91 Å². The molecule has 3 nitrogen and oxygen atoms in total. The molecule has 0 aliphatic heterocycles. The number of hydrogen-bond donors (Lipinski definition) is 2. The number of halogens is 2. The van der Waals surface area contributed by atoms with Crippen molar-refractivity contribution in [2.75, 3.05) is 5.32 Å². The molecule has 0 atom stereocenters. The molecule has 1 amide bonds. The highest BCUT2D eigenvalue weighted by molar-refractivity contribution is 6.31. The molecule has 3 aromatic rings. The second kappa shape index (κ2) is 5.19. The van der Waals surface area contributed by atoms with Crippen LogP contribution in [0.25, 0.3) is 10.9 Å². The van der Waals surface area contributed by atoms with Crippen molar-refractivity contribution < 1.29 is 4.79 Å². The molecule has 2 aromatic carbocycles. The molecule has 0 fully saturated rings. The van der Waals surface area contributed by atoms with E-state index in [0.29, 0.717) is 21.4 Å². The molecule has 0 saturated carbocycles. The lowest BCUT2D eigenvalue weighted by atomic mass is 10.2. The van der Waals surface area contributed by atoms with Gasteiger partial charge in [-0.15, -0.1) is 0 Å². The molecular weight excluding hydrogens is 295 g/mol. The van der Waals surface area contributed by atoms with E-state index in [1.54, 1.807) is 42.5 Å². The van der Waals surface area contributed by atoms with Gasteiger partial charge in [0, 0.05) is 26.6 Å². The minimum absolute atomic E-state index is 0.223. The molecule has 2 N–H and O–H groups in total. The zero-order valence-corrected chi connectivity index (χ0v) is 11.8. The molecule has 100 valence electrons. The van der Waals surface area contributed by atoms with E-state index in [1.807, 2.05) is 6.07 Å². The molecule has 0 aliphatic rings. The molecule has 20 heavy (non-hydrogen) atoms. The Balaban J connectivity index is 1.88. The number of H-pyrrole nitrogens is 1. The van der Waals surface area contributed by atoms with Crippen molar-refractivity contribution in [2.24, 2.45) is 0 Å². The zero-order chi connectivity index (χ0) is 14.1. The number of carbonyl (C=O) groups excluding carboxylic acids is 1. The Morgan fingerprint density at radius 1 is 1.00 bits per heavy atom. The number of carbonyl (C=O) groups is 1. The standard InChI is InChI=1S/C15H10Cl2N2O/c16-10-2-1-3-12(7-10)18-15(20)14-6-9-4-5-11(17)8-13(9)19-14/h1-8,19H,(H,18,20). The van der Waals surface area contributed by atoms with Crippen LogP contribution in [0.2, 0.25) is 10.0 Å². The van der Waals surface area contributed by atoms with E-state index in [0.717, 1.165) is 10.9 Å². The van der Waals surface area contributed by atoms with E-state index in [-0.39, 0.29) is 5.91 Å². The smallest absolute Gasteiger partial charge is 0.272 e. The number of aromatic amines is 1. The first kappa shape index (κ1) is 13.0. The third-order valence-electron chi connectivity index (χ3n) is 2.91. The van der Waals surface area contributed by atoms with Crippen LogP contribution in [-0.2, 0) is 0 Å². The van der Waals surface area contributed by atoms with E-state index < -0.39 is 0 Å². The number of anilines is 1. The average molecular weight is 305 g/mol. The summed E-state index contributed by atoms with van der Waals surface area (Å²) < 4.78 is 0. The summed E-state index contributed by atoms with van der Waals surface area (Å²) in [4.78, 5) is 15.2. The second-order valence-electron chi connectivity index (χ2n) is 4.38. The van der Waals surface area contributed by atoms with E-state index in [1.165, 1.54) is 0 Å². The summed E-state index contributed by atoms with van der Waals surface area (Å²) in [6, 6.07) is 14.2. The second-order valence-corrected chi connectivity index (χ2v) is 5.25. The zero-order valence-electron chi connectivity index (χ0n) is 10.3. The first-order chi connectivity index (χ1) is 9.61. The van der Waals surface area contributed by atoms with Crippen LogP contribution >= 0.6 is 23.2 Å². The molecule has 0 saturated heterocycles. The largest absolute Gasteiger partial charge is 0.350 e.